The van der Waals surface area contributed by atoms with Crippen LogP contribution in [0.25, 0.3) is 0 Å². The lowest BCUT2D eigenvalue weighted by Gasteiger charge is -2.09. The quantitative estimate of drug-likeness (QED) is 0.634. The fourth-order valence-electron chi connectivity index (χ4n) is 0.761. The summed E-state index contributed by atoms with van der Waals surface area (Å²) in [7, 11) is 3.91. The molecule has 0 spiro atoms. The maximum Gasteiger partial charge on any atom is 0.146 e. The first-order chi connectivity index (χ1) is 5.24. The molecule has 0 saturated heterocycles. The molecule has 0 aliphatic heterocycles. The van der Waals surface area contributed by atoms with Crippen LogP contribution < -0.4 is 4.90 Å². The molecule has 11 heavy (non-hydrogen) atoms. The second-order valence-electron chi connectivity index (χ2n) is 2.61. The number of aromatic nitrogens is 2. The number of aryl methyl sites for hydroxylation is 1. The Balaban J connectivity index is 2.83. The number of nitrogens with zero attached hydrogens (tertiary/aromatic N) is 3. The first-order valence-electron chi connectivity index (χ1n) is 3.72. The molecule has 0 aliphatic carbocycles. The van der Waals surface area contributed by atoms with E-state index in [1.54, 1.807) is 6.20 Å². The zero-order valence-electron chi connectivity index (χ0n) is 7.20. The normalized spacial score (nSPS) is 9.73. The van der Waals surface area contributed by atoms with Crippen LogP contribution in [-0.4, -0.2) is 24.1 Å². The minimum absolute atomic E-state index is 0.905. The van der Waals surface area contributed by atoms with Gasteiger partial charge in [-0.15, -0.1) is 0 Å². The summed E-state index contributed by atoms with van der Waals surface area (Å²) in [6.45, 7) is 2.07. The summed E-state index contributed by atoms with van der Waals surface area (Å²) in [5.74, 6) is 0.905. The molecule has 0 amide bonds. The van der Waals surface area contributed by atoms with Crippen molar-refractivity contribution in [3.63, 3.8) is 0 Å². The molecule has 0 bridgehead atoms. The molecule has 1 aromatic rings. The standard InChI is InChI=1S/C8H13N3/c1-4-7-5-10-8(6-9-7)11(2)3/h5-6H,4H2,1-3H3. The molecule has 60 valence electrons. The number of anilines is 1. The summed E-state index contributed by atoms with van der Waals surface area (Å²) in [6.07, 6.45) is 4.55. The maximum atomic E-state index is 4.21. The average molecular weight is 151 g/mol. The van der Waals surface area contributed by atoms with Gasteiger partial charge in [0, 0.05) is 14.1 Å². The molecule has 0 radical (unpaired) electrons. The van der Waals surface area contributed by atoms with Crippen molar-refractivity contribution in [1.29, 1.82) is 0 Å². The summed E-state index contributed by atoms with van der Waals surface area (Å²) in [6, 6.07) is 0. The summed E-state index contributed by atoms with van der Waals surface area (Å²) in [5, 5.41) is 0. The van der Waals surface area contributed by atoms with E-state index in [0.717, 1.165) is 17.9 Å². The van der Waals surface area contributed by atoms with Crippen LogP contribution in [0, 0.1) is 0 Å². The molecule has 3 nitrogen and oxygen atoms in total. The first-order valence-corrected chi connectivity index (χ1v) is 3.72. The Morgan fingerprint density at radius 2 is 2.00 bits per heavy atom. The van der Waals surface area contributed by atoms with E-state index in [4.69, 9.17) is 0 Å². The highest BCUT2D eigenvalue weighted by Crippen LogP contribution is 2.03. The third kappa shape index (κ3) is 1.90. The minimum atomic E-state index is 0.905. The van der Waals surface area contributed by atoms with Crippen LogP contribution in [0.2, 0.25) is 0 Å². The van der Waals surface area contributed by atoms with Gasteiger partial charge < -0.3 is 4.90 Å². The molecule has 0 N–H and O–H groups in total. The number of hydrogen-bond acceptors (Lipinski definition) is 3. The number of hydrogen-bond donors (Lipinski definition) is 0. The van der Waals surface area contributed by atoms with E-state index < -0.39 is 0 Å². The third-order valence-corrected chi connectivity index (χ3v) is 1.51. The Morgan fingerprint density at radius 1 is 1.27 bits per heavy atom. The van der Waals surface area contributed by atoms with Gasteiger partial charge >= 0.3 is 0 Å². The topological polar surface area (TPSA) is 29.0 Å². The highest BCUT2D eigenvalue weighted by atomic mass is 15.1. The molecule has 1 heterocycles. The molecule has 1 aromatic heterocycles. The van der Waals surface area contributed by atoms with E-state index >= 15 is 0 Å². The van der Waals surface area contributed by atoms with Gasteiger partial charge in [0.1, 0.15) is 5.82 Å². The highest BCUT2D eigenvalue weighted by Gasteiger charge is 1.95. The Bertz CT molecular complexity index is 215. The second kappa shape index (κ2) is 3.32. The third-order valence-electron chi connectivity index (χ3n) is 1.51. The monoisotopic (exact) mass is 151 g/mol. The molecule has 0 aliphatic rings. The van der Waals surface area contributed by atoms with Crippen molar-refractivity contribution in [1.82, 2.24) is 9.97 Å². The molecular weight excluding hydrogens is 138 g/mol. The molecule has 1 rings (SSSR count). The van der Waals surface area contributed by atoms with Gasteiger partial charge in [-0.3, -0.25) is 4.98 Å². The smallest absolute Gasteiger partial charge is 0.146 e. The van der Waals surface area contributed by atoms with Crippen LogP contribution in [0.4, 0.5) is 5.82 Å². The van der Waals surface area contributed by atoms with Gasteiger partial charge in [-0.2, -0.15) is 0 Å². The summed E-state index contributed by atoms with van der Waals surface area (Å²) < 4.78 is 0. The Hall–Kier alpha value is -1.12. The maximum absolute atomic E-state index is 4.21. The Kier molecular flexibility index (Phi) is 2.41. The predicted molar refractivity (Wildman–Crippen MR) is 45.7 cm³/mol. The predicted octanol–water partition coefficient (Wildman–Crippen LogP) is 1.10. The second-order valence-corrected chi connectivity index (χ2v) is 2.61. The van der Waals surface area contributed by atoms with E-state index in [1.165, 1.54) is 0 Å². The average Bonchev–Trinajstić information content (AvgIpc) is 2.05. The van der Waals surface area contributed by atoms with Gasteiger partial charge in [0.2, 0.25) is 0 Å². The van der Waals surface area contributed by atoms with Crippen LogP contribution >= 0.6 is 0 Å². The van der Waals surface area contributed by atoms with Crippen molar-refractivity contribution in [3.05, 3.63) is 18.1 Å². The Labute approximate surface area is 67.1 Å². The van der Waals surface area contributed by atoms with Crippen LogP contribution in [0.5, 0.6) is 0 Å². The molecule has 0 fully saturated rings. The lowest BCUT2D eigenvalue weighted by atomic mass is 10.3. The molecule has 3 heteroatoms. The van der Waals surface area contributed by atoms with Gasteiger partial charge in [-0.05, 0) is 6.42 Å². The van der Waals surface area contributed by atoms with Crippen molar-refractivity contribution < 1.29 is 0 Å². The van der Waals surface area contributed by atoms with E-state index in [0.29, 0.717) is 0 Å². The SMILES string of the molecule is CCc1cnc(N(C)C)cn1. The largest absolute Gasteiger partial charge is 0.361 e. The van der Waals surface area contributed by atoms with E-state index in [9.17, 15) is 0 Å². The van der Waals surface area contributed by atoms with Crippen molar-refractivity contribution in [2.75, 3.05) is 19.0 Å². The van der Waals surface area contributed by atoms with Crippen LogP contribution in [0.3, 0.4) is 0 Å². The first kappa shape index (κ1) is 7.98. The zero-order valence-corrected chi connectivity index (χ0v) is 7.20. The van der Waals surface area contributed by atoms with Gasteiger partial charge in [0.25, 0.3) is 0 Å². The molecule has 0 unspecified atom stereocenters. The number of rotatable bonds is 2. The van der Waals surface area contributed by atoms with Crippen molar-refractivity contribution in [3.8, 4) is 0 Å². The summed E-state index contributed by atoms with van der Waals surface area (Å²) in [4.78, 5) is 10.4. The molecule has 0 atom stereocenters. The lowest BCUT2D eigenvalue weighted by Crippen LogP contribution is -2.11. The van der Waals surface area contributed by atoms with Crippen LogP contribution in [0.1, 0.15) is 12.6 Å². The van der Waals surface area contributed by atoms with Gasteiger partial charge in [-0.25, -0.2) is 4.98 Å². The van der Waals surface area contributed by atoms with Gasteiger partial charge in [0.15, 0.2) is 0 Å². The summed E-state index contributed by atoms with van der Waals surface area (Å²) >= 11 is 0. The van der Waals surface area contributed by atoms with Crippen LogP contribution in [0.15, 0.2) is 12.4 Å². The zero-order chi connectivity index (χ0) is 8.27. The lowest BCUT2D eigenvalue weighted by molar-refractivity contribution is 0.967. The van der Waals surface area contributed by atoms with Crippen LogP contribution in [-0.2, 0) is 6.42 Å². The van der Waals surface area contributed by atoms with E-state index in [1.807, 2.05) is 25.2 Å². The van der Waals surface area contributed by atoms with Gasteiger partial charge in [0.05, 0.1) is 18.1 Å². The fraction of sp³-hybridized carbons (Fsp3) is 0.500. The minimum Gasteiger partial charge on any atom is -0.361 e. The van der Waals surface area contributed by atoms with E-state index in [-0.39, 0.29) is 0 Å². The molecule has 0 saturated carbocycles. The molecule has 0 aromatic carbocycles. The highest BCUT2D eigenvalue weighted by molar-refractivity contribution is 5.32. The van der Waals surface area contributed by atoms with Crippen molar-refractivity contribution >= 4 is 5.82 Å². The summed E-state index contributed by atoms with van der Waals surface area (Å²) in [5.41, 5.74) is 1.04. The fourth-order valence-corrected chi connectivity index (χ4v) is 0.761. The van der Waals surface area contributed by atoms with Crippen molar-refractivity contribution in [2.45, 2.75) is 13.3 Å². The molecular formula is C8H13N3. The Morgan fingerprint density at radius 3 is 2.36 bits per heavy atom. The van der Waals surface area contributed by atoms with Gasteiger partial charge in [-0.1, -0.05) is 6.92 Å². The van der Waals surface area contributed by atoms with Crippen molar-refractivity contribution in [2.24, 2.45) is 0 Å². The van der Waals surface area contributed by atoms with E-state index in [2.05, 4.69) is 16.9 Å².